The number of nitrogens with one attached hydrogen (secondary N) is 1. The molecule has 0 bridgehead atoms. The summed E-state index contributed by atoms with van der Waals surface area (Å²) in [6.07, 6.45) is 2.57. The Balaban J connectivity index is 1.53. The minimum absolute atomic E-state index is 0.0399. The number of piperazine rings is 1. The van der Waals surface area contributed by atoms with E-state index in [1.54, 1.807) is 23.1 Å². The Kier molecular flexibility index (Phi) is 8.44. The molecule has 3 amide bonds. The topological polar surface area (TPSA) is 78.7 Å². The number of primary amides is 1. The van der Waals surface area contributed by atoms with Gasteiger partial charge in [-0.05, 0) is 48.3 Å². The molecule has 2 heterocycles. The highest BCUT2D eigenvalue weighted by molar-refractivity contribution is 7.98. The zero-order chi connectivity index (χ0) is 21.5. The highest BCUT2D eigenvalue weighted by atomic mass is 35.5. The smallest absolute Gasteiger partial charge is 0.312 e. The van der Waals surface area contributed by atoms with Crippen LogP contribution in [0.2, 0.25) is 5.02 Å². The van der Waals surface area contributed by atoms with Crippen LogP contribution < -0.4 is 11.1 Å². The Morgan fingerprint density at radius 3 is 2.67 bits per heavy atom. The van der Waals surface area contributed by atoms with Gasteiger partial charge in [0, 0.05) is 47.5 Å². The van der Waals surface area contributed by atoms with Crippen LogP contribution in [0.3, 0.4) is 0 Å². The number of carbonyl (C=O) groups excluding carboxylic acids is 2. The Morgan fingerprint density at radius 1 is 1.23 bits per heavy atom. The van der Waals surface area contributed by atoms with Gasteiger partial charge in [-0.2, -0.15) is 11.8 Å². The first-order chi connectivity index (χ1) is 14.5. The number of thioether (sulfide) groups is 1. The third-order valence-electron chi connectivity index (χ3n) is 5.06. The molecule has 6 nitrogen and oxygen atoms in total. The first-order valence-electron chi connectivity index (χ1n) is 9.87. The number of nitrogens with two attached hydrogens (primary N) is 1. The van der Waals surface area contributed by atoms with Crippen LogP contribution in [-0.4, -0.2) is 66.0 Å². The van der Waals surface area contributed by atoms with Crippen LogP contribution in [-0.2, 0) is 11.3 Å². The molecule has 0 spiro atoms. The molecule has 0 aliphatic carbocycles. The highest BCUT2D eigenvalue weighted by Gasteiger charge is 2.28. The van der Waals surface area contributed by atoms with Crippen LogP contribution in [0.5, 0.6) is 0 Å². The van der Waals surface area contributed by atoms with Crippen molar-refractivity contribution in [2.45, 2.75) is 19.0 Å². The van der Waals surface area contributed by atoms with Crippen molar-refractivity contribution < 1.29 is 9.59 Å². The molecule has 3 rings (SSSR count). The monoisotopic (exact) mass is 466 g/mol. The van der Waals surface area contributed by atoms with E-state index in [4.69, 9.17) is 17.3 Å². The fourth-order valence-corrected chi connectivity index (χ4v) is 5.20. The molecule has 1 aliphatic heterocycles. The number of amides is 3. The van der Waals surface area contributed by atoms with Crippen LogP contribution in [0.1, 0.15) is 11.3 Å². The average Bonchev–Trinajstić information content (AvgIpc) is 3.19. The number of hydrogen-bond donors (Lipinski definition) is 2. The van der Waals surface area contributed by atoms with Gasteiger partial charge in [0.15, 0.2) is 0 Å². The first-order valence-corrected chi connectivity index (χ1v) is 12.5. The number of thiophene rings is 1. The molecular formula is C21H27ClN4O2S2. The maximum Gasteiger partial charge on any atom is 0.312 e. The van der Waals surface area contributed by atoms with E-state index in [0.717, 1.165) is 36.0 Å². The van der Waals surface area contributed by atoms with Gasteiger partial charge in [-0.1, -0.05) is 23.7 Å². The Hall–Kier alpha value is -1.74. The molecule has 1 aromatic heterocycles. The summed E-state index contributed by atoms with van der Waals surface area (Å²) in [4.78, 5) is 30.8. The summed E-state index contributed by atoms with van der Waals surface area (Å²) < 4.78 is 0. The summed E-state index contributed by atoms with van der Waals surface area (Å²) in [7, 11) is 0. The maximum atomic E-state index is 12.8. The second-order valence-corrected chi connectivity index (χ2v) is 9.81. The van der Waals surface area contributed by atoms with Crippen molar-refractivity contribution in [1.82, 2.24) is 15.1 Å². The molecular weight excluding hydrogens is 440 g/mol. The van der Waals surface area contributed by atoms with E-state index >= 15 is 0 Å². The minimum atomic E-state index is -0.652. The summed E-state index contributed by atoms with van der Waals surface area (Å²) in [6.45, 7) is 3.79. The predicted molar refractivity (Wildman–Crippen MR) is 126 cm³/mol. The third kappa shape index (κ3) is 6.38. The van der Waals surface area contributed by atoms with Gasteiger partial charge in [0.25, 0.3) is 0 Å². The fourth-order valence-electron chi connectivity index (χ4n) is 3.49. The summed E-state index contributed by atoms with van der Waals surface area (Å²) in [6, 6.07) is 11.0. The minimum Gasteiger partial charge on any atom is -0.352 e. The molecule has 1 unspecified atom stereocenters. The molecule has 162 valence electrons. The number of rotatable bonds is 8. The van der Waals surface area contributed by atoms with E-state index in [-0.39, 0.29) is 5.91 Å². The molecule has 1 atom stereocenters. The zero-order valence-corrected chi connectivity index (χ0v) is 19.4. The van der Waals surface area contributed by atoms with E-state index in [9.17, 15) is 9.59 Å². The standard InChI is InChI=1S/C21H27ClN4O2S2/c1-29-12-7-18(24-21(23)28)20(27)26-10-8-25(9-11-26)14-17-5-6-19(30-17)15-3-2-4-16(22)13-15/h2-6,13,18H,7-12,14H2,1H3,(H3,23,24,28). The van der Waals surface area contributed by atoms with Crippen molar-refractivity contribution in [3.8, 4) is 10.4 Å². The molecule has 1 aliphatic rings. The average molecular weight is 467 g/mol. The van der Waals surface area contributed by atoms with Gasteiger partial charge in [0.2, 0.25) is 5.91 Å². The summed E-state index contributed by atoms with van der Waals surface area (Å²) >= 11 is 9.53. The molecule has 1 saturated heterocycles. The summed E-state index contributed by atoms with van der Waals surface area (Å²) in [5.41, 5.74) is 6.38. The Labute approximate surface area is 190 Å². The van der Waals surface area contributed by atoms with E-state index in [0.29, 0.717) is 19.5 Å². The van der Waals surface area contributed by atoms with Crippen LogP contribution >= 0.6 is 34.7 Å². The van der Waals surface area contributed by atoms with Gasteiger partial charge in [-0.3, -0.25) is 9.69 Å². The van der Waals surface area contributed by atoms with Crippen LogP contribution in [0.25, 0.3) is 10.4 Å². The molecule has 0 saturated carbocycles. The fraction of sp³-hybridized carbons (Fsp3) is 0.429. The van der Waals surface area contributed by atoms with Crippen LogP contribution in [0.15, 0.2) is 36.4 Å². The van der Waals surface area contributed by atoms with E-state index < -0.39 is 12.1 Å². The van der Waals surface area contributed by atoms with Gasteiger partial charge in [0.05, 0.1) is 0 Å². The van der Waals surface area contributed by atoms with Gasteiger partial charge >= 0.3 is 6.03 Å². The largest absolute Gasteiger partial charge is 0.352 e. The molecule has 1 aromatic carbocycles. The number of benzene rings is 1. The Bertz CT molecular complexity index is 868. The third-order valence-corrected chi connectivity index (χ3v) is 7.06. The maximum absolute atomic E-state index is 12.8. The van der Waals surface area contributed by atoms with Gasteiger partial charge in [-0.25, -0.2) is 4.79 Å². The van der Waals surface area contributed by atoms with Crippen molar-refractivity contribution in [2.24, 2.45) is 5.73 Å². The van der Waals surface area contributed by atoms with Crippen molar-refractivity contribution in [3.05, 3.63) is 46.3 Å². The van der Waals surface area contributed by atoms with Crippen molar-refractivity contribution in [3.63, 3.8) is 0 Å². The SMILES string of the molecule is CSCCC(NC(N)=O)C(=O)N1CCN(Cc2ccc(-c3cccc(Cl)c3)s2)CC1. The van der Waals surface area contributed by atoms with Gasteiger partial charge in [0.1, 0.15) is 6.04 Å². The summed E-state index contributed by atoms with van der Waals surface area (Å²) in [5, 5.41) is 3.34. The molecule has 30 heavy (non-hydrogen) atoms. The highest BCUT2D eigenvalue weighted by Crippen LogP contribution is 2.30. The number of carbonyl (C=O) groups is 2. The lowest BCUT2D eigenvalue weighted by molar-refractivity contribution is -0.135. The number of hydrogen-bond acceptors (Lipinski definition) is 5. The Morgan fingerprint density at radius 2 is 2.00 bits per heavy atom. The van der Waals surface area contributed by atoms with E-state index in [1.807, 2.05) is 29.4 Å². The lowest BCUT2D eigenvalue weighted by Crippen LogP contribution is -2.55. The quantitative estimate of drug-likeness (QED) is 0.624. The van der Waals surface area contributed by atoms with E-state index in [1.165, 1.54) is 9.75 Å². The number of urea groups is 1. The lowest BCUT2D eigenvalue weighted by Gasteiger charge is -2.36. The van der Waals surface area contributed by atoms with Gasteiger partial charge in [-0.15, -0.1) is 11.3 Å². The normalized spacial score (nSPS) is 15.7. The second kappa shape index (κ2) is 11.0. The van der Waals surface area contributed by atoms with Gasteiger partial charge < -0.3 is 16.0 Å². The van der Waals surface area contributed by atoms with E-state index in [2.05, 4.69) is 28.4 Å². The number of nitrogens with zero attached hydrogens (tertiary/aromatic N) is 2. The summed E-state index contributed by atoms with van der Waals surface area (Å²) in [5.74, 6) is 0.756. The lowest BCUT2D eigenvalue weighted by atomic mass is 10.1. The molecule has 1 fully saturated rings. The zero-order valence-electron chi connectivity index (χ0n) is 17.0. The molecule has 0 radical (unpaired) electrons. The number of halogens is 1. The molecule has 9 heteroatoms. The molecule has 3 N–H and O–H groups in total. The first kappa shape index (κ1) is 22.9. The van der Waals surface area contributed by atoms with Crippen molar-refractivity contribution in [2.75, 3.05) is 38.2 Å². The van der Waals surface area contributed by atoms with Crippen LogP contribution in [0.4, 0.5) is 4.79 Å². The van der Waals surface area contributed by atoms with Crippen molar-refractivity contribution >= 4 is 46.6 Å². The molecule has 2 aromatic rings. The van der Waals surface area contributed by atoms with Crippen LogP contribution in [0, 0.1) is 0 Å². The second-order valence-electron chi connectivity index (χ2n) is 7.22. The van der Waals surface area contributed by atoms with Crippen molar-refractivity contribution in [1.29, 1.82) is 0 Å². The predicted octanol–water partition coefficient (Wildman–Crippen LogP) is 3.50.